The maximum absolute atomic E-state index is 6.26. The number of ether oxygens (including phenoxy) is 3. The molecule has 162 valence electrons. The van der Waals surface area contributed by atoms with Crippen molar-refractivity contribution in [3.8, 4) is 28.6 Å². The van der Waals surface area contributed by atoms with Crippen LogP contribution in [-0.4, -0.2) is 24.2 Å². The van der Waals surface area contributed by atoms with E-state index in [9.17, 15) is 0 Å². The second kappa shape index (κ2) is 10.0. The van der Waals surface area contributed by atoms with Crippen molar-refractivity contribution in [2.45, 2.75) is 6.61 Å². The minimum absolute atomic E-state index is 0.391. The van der Waals surface area contributed by atoms with Gasteiger partial charge >= 0.3 is 0 Å². The first kappa shape index (κ1) is 21.5. The summed E-state index contributed by atoms with van der Waals surface area (Å²) in [5.74, 6) is 2.21. The van der Waals surface area contributed by atoms with Crippen LogP contribution in [-0.2, 0) is 6.61 Å². The van der Waals surface area contributed by atoms with E-state index in [0.717, 1.165) is 22.6 Å². The van der Waals surface area contributed by atoms with Crippen molar-refractivity contribution in [2.75, 3.05) is 19.5 Å². The van der Waals surface area contributed by atoms with Crippen LogP contribution >= 0.6 is 11.6 Å². The molecule has 1 heterocycles. The maximum Gasteiger partial charge on any atom is 0.231 e. The second-order valence-electron chi connectivity index (χ2n) is 6.89. The number of nitrogens with zero attached hydrogens (tertiary/aromatic N) is 2. The van der Waals surface area contributed by atoms with Gasteiger partial charge in [0.1, 0.15) is 18.1 Å². The Bertz CT molecular complexity index is 1180. The molecule has 32 heavy (non-hydrogen) atoms. The zero-order valence-corrected chi connectivity index (χ0v) is 18.5. The van der Waals surface area contributed by atoms with Crippen molar-refractivity contribution in [2.24, 2.45) is 0 Å². The highest BCUT2D eigenvalue weighted by Gasteiger charge is 2.10. The van der Waals surface area contributed by atoms with Crippen molar-refractivity contribution in [3.05, 3.63) is 89.4 Å². The summed E-state index contributed by atoms with van der Waals surface area (Å²) in [6, 6.07) is 24.8. The van der Waals surface area contributed by atoms with Gasteiger partial charge in [0, 0.05) is 17.3 Å². The first-order valence-electron chi connectivity index (χ1n) is 9.95. The molecule has 1 aromatic heterocycles. The molecule has 0 fully saturated rings. The van der Waals surface area contributed by atoms with Crippen molar-refractivity contribution < 1.29 is 14.2 Å². The van der Waals surface area contributed by atoms with Crippen LogP contribution in [0.15, 0.2) is 78.9 Å². The third-order valence-corrected chi connectivity index (χ3v) is 5.02. The van der Waals surface area contributed by atoms with E-state index in [0.29, 0.717) is 34.9 Å². The van der Waals surface area contributed by atoms with Crippen molar-refractivity contribution >= 4 is 23.2 Å². The molecule has 7 heteroatoms. The Hall–Kier alpha value is -3.77. The SMILES string of the molecule is COc1ccc(-c2cc(OCc3ccccc3)nc(Nc3ccc(OC)c(Cl)c3)n2)cc1. The van der Waals surface area contributed by atoms with Crippen LogP contribution in [0.5, 0.6) is 17.4 Å². The van der Waals surface area contributed by atoms with E-state index < -0.39 is 0 Å². The molecule has 0 bridgehead atoms. The van der Waals surface area contributed by atoms with E-state index in [2.05, 4.69) is 15.3 Å². The van der Waals surface area contributed by atoms with E-state index in [1.165, 1.54) is 0 Å². The van der Waals surface area contributed by atoms with Gasteiger partial charge in [0.15, 0.2) is 0 Å². The molecule has 0 radical (unpaired) electrons. The van der Waals surface area contributed by atoms with E-state index in [4.69, 9.17) is 25.8 Å². The fourth-order valence-electron chi connectivity index (χ4n) is 3.07. The predicted octanol–water partition coefficient (Wildman–Crippen LogP) is 6.14. The summed E-state index contributed by atoms with van der Waals surface area (Å²) in [6.45, 7) is 0.397. The highest BCUT2D eigenvalue weighted by atomic mass is 35.5. The number of aromatic nitrogens is 2. The normalized spacial score (nSPS) is 10.5. The Morgan fingerprint density at radius 1 is 0.844 bits per heavy atom. The predicted molar refractivity (Wildman–Crippen MR) is 126 cm³/mol. The van der Waals surface area contributed by atoms with Crippen molar-refractivity contribution in [1.29, 1.82) is 0 Å². The zero-order chi connectivity index (χ0) is 22.3. The third kappa shape index (κ3) is 5.28. The molecule has 4 aromatic rings. The van der Waals surface area contributed by atoms with Crippen LogP contribution in [0.25, 0.3) is 11.3 Å². The van der Waals surface area contributed by atoms with Gasteiger partial charge in [0.25, 0.3) is 0 Å². The van der Waals surface area contributed by atoms with Crippen LogP contribution < -0.4 is 19.5 Å². The van der Waals surface area contributed by atoms with Crippen LogP contribution in [0.1, 0.15) is 5.56 Å². The summed E-state index contributed by atoms with van der Waals surface area (Å²) in [6.07, 6.45) is 0. The molecule has 1 N–H and O–H groups in total. The molecule has 0 aliphatic rings. The molecule has 6 nitrogen and oxygen atoms in total. The number of nitrogens with one attached hydrogen (secondary N) is 1. The molecule has 0 spiro atoms. The van der Waals surface area contributed by atoms with Crippen LogP contribution in [0, 0.1) is 0 Å². The monoisotopic (exact) mass is 447 g/mol. The molecular formula is C25H22ClN3O3. The molecule has 0 saturated heterocycles. The molecule has 0 unspecified atom stereocenters. The molecule has 0 amide bonds. The average molecular weight is 448 g/mol. The first-order valence-corrected chi connectivity index (χ1v) is 10.3. The summed E-state index contributed by atoms with van der Waals surface area (Å²) < 4.78 is 16.5. The molecule has 0 aliphatic heterocycles. The number of benzene rings is 3. The maximum atomic E-state index is 6.26. The number of anilines is 2. The van der Waals surface area contributed by atoms with Gasteiger partial charge in [-0.15, -0.1) is 0 Å². The standard InChI is InChI=1S/C25H22ClN3O3/c1-30-20-11-8-18(9-12-20)22-15-24(32-16-17-6-4-3-5-7-17)29-25(28-22)27-19-10-13-23(31-2)21(26)14-19/h3-15H,16H2,1-2H3,(H,27,28,29). The van der Waals surface area contributed by atoms with Gasteiger partial charge in [-0.05, 0) is 48.0 Å². The smallest absolute Gasteiger partial charge is 0.231 e. The van der Waals surface area contributed by atoms with Crippen LogP contribution in [0.2, 0.25) is 5.02 Å². The lowest BCUT2D eigenvalue weighted by Crippen LogP contribution is -2.03. The molecular weight excluding hydrogens is 426 g/mol. The Kier molecular flexibility index (Phi) is 6.72. The number of rotatable bonds is 8. The molecule has 0 saturated carbocycles. The summed E-state index contributed by atoms with van der Waals surface area (Å²) in [7, 11) is 3.21. The van der Waals surface area contributed by atoms with Gasteiger partial charge in [-0.25, -0.2) is 4.98 Å². The first-order chi connectivity index (χ1) is 15.6. The lowest BCUT2D eigenvalue weighted by Gasteiger charge is -2.12. The fraction of sp³-hybridized carbons (Fsp3) is 0.120. The number of methoxy groups -OCH3 is 2. The summed E-state index contributed by atoms with van der Waals surface area (Å²) in [4.78, 5) is 9.20. The number of halogens is 1. The van der Waals surface area contributed by atoms with E-state index in [1.807, 2.05) is 66.7 Å². The molecule has 0 aliphatic carbocycles. The van der Waals surface area contributed by atoms with Gasteiger partial charge in [-0.2, -0.15) is 4.98 Å². The molecule has 4 rings (SSSR count). The summed E-state index contributed by atoms with van der Waals surface area (Å²) in [5, 5.41) is 3.69. The minimum Gasteiger partial charge on any atom is -0.497 e. The lowest BCUT2D eigenvalue weighted by molar-refractivity contribution is 0.294. The van der Waals surface area contributed by atoms with Gasteiger partial charge < -0.3 is 19.5 Å². The minimum atomic E-state index is 0.391. The Morgan fingerprint density at radius 3 is 2.31 bits per heavy atom. The zero-order valence-electron chi connectivity index (χ0n) is 17.7. The van der Waals surface area contributed by atoms with E-state index in [-0.39, 0.29) is 0 Å². The van der Waals surface area contributed by atoms with Gasteiger partial charge in [-0.1, -0.05) is 41.9 Å². The van der Waals surface area contributed by atoms with Crippen molar-refractivity contribution in [3.63, 3.8) is 0 Å². The van der Waals surface area contributed by atoms with Gasteiger partial charge in [0.05, 0.1) is 24.9 Å². The quantitative estimate of drug-likeness (QED) is 0.350. The van der Waals surface area contributed by atoms with E-state index in [1.54, 1.807) is 26.4 Å². The summed E-state index contributed by atoms with van der Waals surface area (Å²) >= 11 is 6.26. The number of hydrogen-bond donors (Lipinski definition) is 1. The second-order valence-corrected chi connectivity index (χ2v) is 7.30. The highest BCUT2D eigenvalue weighted by Crippen LogP contribution is 2.30. The highest BCUT2D eigenvalue weighted by molar-refractivity contribution is 6.32. The summed E-state index contributed by atoms with van der Waals surface area (Å²) in [5.41, 5.74) is 3.41. The average Bonchev–Trinajstić information content (AvgIpc) is 2.83. The largest absolute Gasteiger partial charge is 0.497 e. The molecule has 3 aromatic carbocycles. The number of hydrogen-bond acceptors (Lipinski definition) is 6. The van der Waals surface area contributed by atoms with Gasteiger partial charge in [0.2, 0.25) is 11.8 Å². The third-order valence-electron chi connectivity index (χ3n) is 4.73. The van der Waals surface area contributed by atoms with E-state index >= 15 is 0 Å². The van der Waals surface area contributed by atoms with Crippen molar-refractivity contribution in [1.82, 2.24) is 9.97 Å². The topological polar surface area (TPSA) is 65.5 Å². The Morgan fingerprint density at radius 2 is 1.62 bits per heavy atom. The Labute approximate surface area is 191 Å². The van der Waals surface area contributed by atoms with Crippen LogP contribution in [0.4, 0.5) is 11.6 Å². The Balaban J connectivity index is 1.65. The lowest BCUT2D eigenvalue weighted by atomic mass is 10.1. The van der Waals surface area contributed by atoms with Crippen LogP contribution in [0.3, 0.4) is 0 Å². The fourth-order valence-corrected chi connectivity index (χ4v) is 3.33. The van der Waals surface area contributed by atoms with Gasteiger partial charge in [-0.3, -0.25) is 0 Å². The molecule has 0 atom stereocenters.